The van der Waals surface area contributed by atoms with E-state index < -0.39 is 11.9 Å². The summed E-state index contributed by atoms with van der Waals surface area (Å²) in [6, 6.07) is 9.28. The Bertz CT molecular complexity index is 927. The number of carbonyl (C=O) groups excluding carboxylic acids is 2. The number of methoxy groups -OCH3 is 2. The Morgan fingerprint density at radius 3 is 2.06 bits per heavy atom. The molecule has 7 nitrogen and oxygen atoms in total. The van der Waals surface area contributed by atoms with E-state index in [1.54, 1.807) is 43.3 Å². The van der Waals surface area contributed by atoms with Crippen molar-refractivity contribution in [1.82, 2.24) is 10.2 Å². The molecule has 2 aromatic rings. The number of hydrogen-bond acceptors (Lipinski definition) is 5. The first-order chi connectivity index (χ1) is 15.7. The molecule has 0 aliphatic rings. The van der Waals surface area contributed by atoms with Crippen LogP contribution in [0.1, 0.15) is 32.8 Å². The van der Waals surface area contributed by atoms with E-state index in [1.165, 1.54) is 19.1 Å². The fraction of sp³-hybridized carbons (Fsp3) is 0.417. The summed E-state index contributed by atoms with van der Waals surface area (Å²) in [5.74, 6) is 0.770. The molecule has 0 fully saturated rings. The van der Waals surface area contributed by atoms with Gasteiger partial charge in [0, 0.05) is 46.4 Å². The fourth-order valence-corrected chi connectivity index (χ4v) is 3.51. The summed E-state index contributed by atoms with van der Waals surface area (Å²) in [5, 5.41) is 3.73. The summed E-state index contributed by atoms with van der Waals surface area (Å²) in [5.41, 5.74) is 0.556. The molecule has 0 bridgehead atoms. The van der Waals surface area contributed by atoms with Gasteiger partial charge in [0.05, 0.1) is 14.2 Å². The van der Waals surface area contributed by atoms with Gasteiger partial charge in [0.1, 0.15) is 23.3 Å². The van der Waals surface area contributed by atoms with E-state index in [1.807, 2.05) is 13.8 Å². The van der Waals surface area contributed by atoms with Gasteiger partial charge in [0.25, 0.3) is 5.91 Å². The van der Waals surface area contributed by atoms with E-state index in [0.717, 1.165) is 6.42 Å². The molecule has 1 N–H and O–H groups in total. The topological polar surface area (TPSA) is 77.1 Å². The van der Waals surface area contributed by atoms with E-state index in [9.17, 15) is 9.59 Å². The lowest BCUT2D eigenvalue weighted by molar-refractivity contribution is -0.142. The molecule has 0 aliphatic heterocycles. The highest BCUT2D eigenvalue weighted by molar-refractivity contribution is 6.36. The van der Waals surface area contributed by atoms with Crippen molar-refractivity contribution in [1.29, 1.82) is 0 Å². The lowest BCUT2D eigenvalue weighted by Gasteiger charge is -2.30. The molecule has 180 valence electrons. The molecule has 0 aromatic heterocycles. The molecule has 2 amide bonds. The Morgan fingerprint density at radius 2 is 1.55 bits per heavy atom. The molecule has 2 rings (SSSR count). The molecule has 0 aliphatic carbocycles. The van der Waals surface area contributed by atoms with Crippen molar-refractivity contribution in [2.24, 2.45) is 0 Å². The Labute approximate surface area is 204 Å². The lowest BCUT2D eigenvalue weighted by atomic mass is 10.1. The second-order valence-corrected chi connectivity index (χ2v) is 8.37. The molecular weight excluding hydrogens is 467 g/mol. The van der Waals surface area contributed by atoms with Gasteiger partial charge in [-0.25, -0.2) is 0 Å². The van der Waals surface area contributed by atoms with Crippen LogP contribution in [0.4, 0.5) is 0 Å². The molecule has 2 atom stereocenters. The molecule has 0 heterocycles. The zero-order valence-electron chi connectivity index (χ0n) is 19.5. The van der Waals surface area contributed by atoms with Gasteiger partial charge >= 0.3 is 0 Å². The van der Waals surface area contributed by atoms with Gasteiger partial charge in [-0.05, 0) is 32.4 Å². The van der Waals surface area contributed by atoms with Crippen molar-refractivity contribution in [3.8, 4) is 17.2 Å². The maximum Gasteiger partial charge on any atom is 0.261 e. The van der Waals surface area contributed by atoms with Crippen molar-refractivity contribution in [3.63, 3.8) is 0 Å². The van der Waals surface area contributed by atoms with Crippen molar-refractivity contribution >= 4 is 35.0 Å². The maximum atomic E-state index is 13.2. The summed E-state index contributed by atoms with van der Waals surface area (Å²) in [4.78, 5) is 27.4. The number of hydrogen-bond donors (Lipinski definition) is 1. The lowest BCUT2D eigenvalue weighted by Crippen LogP contribution is -2.50. The minimum atomic E-state index is -0.776. The monoisotopic (exact) mass is 496 g/mol. The van der Waals surface area contributed by atoms with Gasteiger partial charge in [-0.3, -0.25) is 9.59 Å². The van der Waals surface area contributed by atoms with Crippen LogP contribution in [0, 0.1) is 0 Å². The third kappa shape index (κ3) is 7.44. The average Bonchev–Trinajstić information content (AvgIpc) is 2.81. The summed E-state index contributed by atoms with van der Waals surface area (Å²) in [6.45, 7) is 5.28. The number of carbonyl (C=O) groups is 2. The first kappa shape index (κ1) is 26.6. The summed E-state index contributed by atoms with van der Waals surface area (Å²) in [6.07, 6.45) is 0.767. The Kier molecular flexibility index (Phi) is 10.1. The SMILES string of the molecule is CC[C@@H](C)NC(=O)[C@H](C)N(Cc1c(Cl)cccc1Cl)C(=O)COc1cc(OC)cc(OC)c1. The average molecular weight is 497 g/mol. The molecule has 0 saturated carbocycles. The van der Waals surface area contributed by atoms with E-state index in [-0.39, 0.29) is 25.1 Å². The van der Waals surface area contributed by atoms with Crippen molar-refractivity contribution < 1.29 is 23.8 Å². The van der Waals surface area contributed by atoms with Crippen LogP contribution in [0.3, 0.4) is 0 Å². The second kappa shape index (κ2) is 12.6. The minimum absolute atomic E-state index is 0.0266. The standard InChI is InChI=1S/C24H30Cl2N2O5/c1-6-15(2)27-24(30)16(3)28(13-20-21(25)8-7-9-22(20)26)23(29)14-33-19-11-17(31-4)10-18(12-19)32-5/h7-12,15-16H,6,13-14H2,1-5H3,(H,27,30)/t15-,16+/m1/s1. The van der Waals surface area contributed by atoms with Gasteiger partial charge in [-0.1, -0.05) is 36.2 Å². The number of amides is 2. The predicted octanol–water partition coefficient (Wildman–Crippen LogP) is 4.72. The quantitative estimate of drug-likeness (QED) is 0.486. The molecule has 9 heteroatoms. The summed E-state index contributed by atoms with van der Waals surface area (Å²) in [7, 11) is 3.05. The first-order valence-electron chi connectivity index (χ1n) is 10.6. The zero-order valence-corrected chi connectivity index (χ0v) is 21.0. The highest BCUT2D eigenvalue weighted by atomic mass is 35.5. The van der Waals surface area contributed by atoms with E-state index in [4.69, 9.17) is 37.4 Å². The van der Waals surface area contributed by atoms with Crippen LogP contribution < -0.4 is 19.5 Å². The van der Waals surface area contributed by atoms with E-state index >= 15 is 0 Å². The molecule has 33 heavy (non-hydrogen) atoms. The van der Waals surface area contributed by atoms with Crippen LogP contribution >= 0.6 is 23.2 Å². The Hall–Kier alpha value is -2.64. The number of rotatable bonds is 11. The van der Waals surface area contributed by atoms with Gasteiger partial charge in [0.2, 0.25) is 5.91 Å². The van der Waals surface area contributed by atoms with Crippen LogP contribution in [0.25, 0.3) is 0 Å². The smallest absolute Gasteiger partial charge is 0.261 e. The molecule has 0 saturated heterocycles. The number of nitrogens with one attached hydrogen (secondary N) is 1. The van der Waals surface area contributed by atoms with Crippen molar-refractivity contribution in [3.05, 3.63) is 52.0 Å². The van der Waals surface area contributed by atoms with Crippen LogP contribution in [0.2, 0.25) is 10.0 Å². The second-order valence-electron chi connectivity index (χ2n) is 7.55. The number of ether oxygens (including phenoxy) is 3. The van der Waals surface area contributed by atoms with Crippen molar-refractivity contribution in [2.45, 2.75) is 45.8 Å². The first-order valence-corrected chi connectivity index (χ1v) is 11.3. The minimum Gasteiger partial charge on any atom is -0.496 e. The molecule has 0 radical (unpaired) electrons. The van der Waals surface area contributed by atoms with Gasteiger partial charge in [-0.15, -0.1) is 0 Å². The van der Waals surface area contributed by atoms with Crippen LogP contribution in [-0.2, 0) is 16.1 Å². The number of halogens is 2. The predicted molar refractivity (Wildman–Crippen MR) is 129 cm³/mol. The highest BCUT2D eigenvalue weighted by Crippen LogP contribution is 2.28. The van der Waals surface area contributed by atoms with Crippen LogP contribution in [-0.4, -0.2) is 49.6 Å². The summed E-state index contributed by atoms with van der Waals surface area (Å²) < 4.78 is 16.2. The fourth-order valence-electron chi connectivity index (χ4n) is 2.99. The van der Waals surface area contributed by atoms with E-state index in [2.05, 4.69) is 5.32 Å². The normalized spacial score (nSPS) is 12.5. The molecule has 0 unspecified atom stereocenters. The van der Waals surface area contributed by atoms with E-state index in [0.29, 0.717) is 32.9 Å². The Morgan fingerprint density at radius 1 is 1.00 bits per heavy atom. The molecule has 0 spiro atoms. The molecule has 2 aromatic carbocycles. The van der Waals surface area contributed by atoms with Crippen LogP contribution in [0.15, 0.2) is 36.4 Å². The highest BCUT2D eigenvalue weighted by Gasteiger charge is 2.28. The number of nitrogens with zero attached hydrogens (tertiary/aromatic N) is 1. The largest absolute Gasteiger partial charge is 0.496 e. The van der Waals surface area contributed by atoms with Gasteiger partial charge in [0.15, 0.2) is 6.61 Å². The van der Waals surface area contributed by atoms with Gasteiger partial charge in [-0.2, -0.15) is 0 Å². The third-order valence-corrected chi connectivity index (χ3v) is 5.95. The van der Waals surface area contributed by atoms with Crippen molar-refractivity contribution in [2.75, 3.05) is 20.8 Å². The maximum absolute atomic E-state index is 13.2. The third-order valence-electron chi connectivity index (χ3n) is 5.25. The van der Waals surface area contributed by atoms with Crippen LogP contribution in [0.5, 0.6) is 17.2 Å². The molecular formula is C24H30Cl2N2O5. The summed E-state index contributed by atoms with van der Waals surface area (Å²) >= 11 is 12.7. The van der Waals surface area contributed by atoms with Gasteiger partial charge < -0.3 is 24.4 Å². The number of benzene rings is 2. The Balaban J connectivity index is 2.26. The zero-order chi connectivity index (χ0) is 24.5.